The van der Waals surface area contributed by atoms with E-state index in [0.717, 1.165) is 25.9 Å². The van der Waals surface area contributed by atoms with Crippen molar-refractivity contribution in [3.63, 3.8) is 0 Å². The molecule has 1 aromatic rings. The molecule has 0 N–H and O–H groups in total. The minimum atomic E-state index is -0.411. The number of rotatable bonds is 3. The van der Waals surface area contributed by atoms with E-state index in [-0.39, 0.29) is 12.0 Å². The number of ether oxygens (including phenoxy) is 1. The van der Waals surface area contributed by atoms with Gasteiger partial charge in [0.05, 0.1) is 0 Å². The number of nitrogens with zero attached hydrogens (tertiary/aromatic N) is 1. The molecular weight excluding hydrogens is 262 g/mol. The smallest absolute Gasteiger partial charge is 0.323 e. The van der Waals surface area contributed by atoms with Gasteiger partial charge in [-0.3, -0.25) is 9.69 Å². The topological polar surface area (TPSA) is 29.5 Å². The fraction of sp³-hybridized carbons (Fsp3) is 0.611. The Kier molecular flexibility index (Phi) is 4.72. The Morgan fingerprint density at radius 2 is 2.00 bits per heavy atom. The van der Waals surface area contributed by atoms with Crippen LogP contribution in [0.3, 0.4) is 0 Å². The lowest BCUT2D eigenvalue weighted by Crippen LogP contribution is -2.40. The number of carbonyl (C=O) groups is 1. The van der Waals surface area contributed by atoms with E-state index < -0.39 is 5.60 Å². The molecule has 3 nitrogen and oxygen atoms in total. The van der Waals surface area contributed by atoms with E-state index in [4.69, 9.17) is 4.74 Å². The van der Waals surface area contributed by atoms with Gasteiger partial charge in [-0.25, -0.2) is 0 Å². The molecule has 0 bridgehead atoms. The average Bonchev–Trinajstić information content (AvgIpc) is 2.80. The number of aryl methyl sites for hydroxylation is 2. The van der Waals surface area contributed by atoms with Crippen LogP contribution in [0.4, 0.5) is 0 Å². The van der Waals surface area contributed by atoms with Crippen LogP contribution < -0.4 is 0 Å². The number of carbonyl (C=O) groups excluding carboxylic acids is 1. The molecule has 21 heavy (non-hydrogen) atoms. The first kappa shape index (κ1) is 16.0. The number of hydrogen-bond donors (Lipinski definition) is 0. The largest absolute Gasteiger partial charge is 0.459 e. The summed E-state index contributed by atoms with van der Waals surface area (Å²) in [7, 11) is 0. The lowest BCUT2D eigenvalue weighted by Gasteiger charge is -2.27. The average molecular weight is 289 g/mol. The highest BCUT2D eigenvalue weighted by atomic mass is 16.6. The van der Waals surface area contributed by atoms with Crippen LogP contribution in [-0.2, 0) is 16.1 Å². The minimum absolute atomic E-state index is 0.0798. The maximum atomic E-state index is 12.3. The molecule has 1 aliphatic heterocycles. The molecule has 3 heteroatoms. The van der Waals surface area contributed by atoms with Gasteiger partial charge in [-0.1, -0.05) is 18.2 Å². The van der Waals surface area contributed by atoms with E-state index in [1.807, 2.05) is 20.8 Å². The monoisotopic (exact) mass is 289 g/mol. The molecule has 0 radical (unpaired) electrons. The molecule has 0 aromatic heterocycles. The predicted octanol–water partition coefficient (Wildman–Crippen LogP) is 3.61. The lowest BCUT2D eigenvalue weighted by molar-refractivity contribution is -0.160. The zero-order chi connectivity index (χ0) is 15.6. The molecule has 116 valence electrons. The molecule has 0 amide bonds. The first-order chi connectivity index (χ1) is 9.76. The first-order valence-corrected chi connectivity index (χ1v) is 7.79. The summed E-state index contributed by atoms with van der Waals surface area (Å²) in [6.07, 6.45) is 1.97. The van der Waals surface area contributed by atoms with E-state index in [1.54, 1.807) is 0 Å². The number of likely N-dealkylation sites (tertiary alicyclic amines) is 1. The number of hydrogen-bond acceptors (Lipinski definition) is 3. The summed E-state index contributed by atoms with van der Waals surface area (Å²) < 4.78 is 5.55. The molecule has 0 aliphatic carbocycles. The van der Waals surface area contributed by atoms with Crippen LogP contribution in [0, 0.1) is 13.8 Å². The fourth-order valence-electron chi connectivity index (χ4n) is 2.79. The predicted molar refractivity (Wildman–Crippen MR) is 85.2 cm³/mol. The second-order valence-corrected chi connectivity index (χ2v) is 7.08. The molecule has 0 unspecified atom stereocenters. The molecule has 1 aromatic carbocycles. The summed E-state index contributed by atoms with van der Waals surface area (Å²) in [6.45, 7) is 11.8. The van der Waals surface area contributed by atoms with Gasteiger partial charge in [-0.2, -0.15) is 0 Å². The van der Waals surface area contributed by atoms with Crippen LogP contribution >= 0.6 is 0 Å². The molecule has 0 spiro atoms. The van der Waals surface area contributed by atoms with Crippen molar-refractivity contribution in [3.05, 3.63) is 34.9 Å². The highest BCUT2D eigenvalue weighted by Gasteiger charge is 2.33. The molecule has 1 fully saturated rings. The Labute approximate surface area is 128 Å². The maximum absolute atomic E-state index is 12.3. The molecule has 2 rings (SSSR count). The standard InChI is InChI=1S/C18H27NO2/c1-13-8-9-15(11-14(13)2)12-19-10-6-7-16(19)17(20)21-18(3,4)5/h8-9,11,16H,6-7,10,12H2,1-5H3/t16-/m1/s1. The van der Waals surface area contributed by atoms with E-state index in [0.29, 0.717) is 0 Å². The normalized spacial score (nSPS) is 19.8. The summed E-state index contributed by atoms with van der Waals surface area (Å²) in [4.78, 5) is 14.6. The third-order valence-corrected chi connectivity index (χ3v) is 4.00. The highest BCUT2D eigenvalue weighted by Crippen LogP contribution is 2.23. The number of esters is 1. The van der Waals surface area contributed by atoms with Gasteiger partial charge in [-0.15, -0.1) is 0 Å². The molecular formula is C18H27NO2. The zero-order valence-corrected chi connectivity index (χ0v) is 13.9. The summed E-state index contributed by atoms with van der Waals surface area (Å²) in [5, 5.41) is 0. The Balaban J connectivity index is 2.05. The van der Waals surface area contributed by atoms with Gasteiger partial charge >= 0.3 is 5.97 Å². The molecule has 1 atom stereocenters. The minimum Gasteiger partial charge on any atom is -0.459 e. The number of benzene rings is 1. The van der Waals surface area contributed by atoms with Crippen molar-refractivity contribution >= 4 is 5.97 Å². The van der Waals surface area contributed by atoms with Gasteiger partial charge in [0.2, 0.25) is 0 Å². The van der Waals surface area contributed by atoms with Crippen LogP contribution in [0.2, 0.25) is 0 Å². The summed E-state index contributed by atoms with van der Waals surface area (Å²) in [6, 6.07) is 6.45. The van der Waals surface area contributed by atoms with Crippen LogP contribution in [0.1, 0.15) is 50.3 Å². The Morgan fingerprint density at radius 3 is 2.62 bits per heavy atom. The van der Waals surface area contributed by atoms with Crippen molar-refractivity contribution in [1.29, 1.82) is 0 Å². The van der Waals surface area contributed by atoms with Gasteiger partial charge in [0.1, 0.15) is 11.6 Å². The Morgan fingerprint density at radius 1 is 1.29 bits per heavy atom. The van der Waals surface area contributed by atoms with Crippen molar-refractivity contribution in [2.24, 2.45) is 0 Å². The molecule has 1 heterocycles. The van der Waals surface area contributed by atoms with Crippen molar-refractivity contribution in [1.82, 2.24) is 4.90 Å². The Hall–Kier alpha value is -1.35. The fourth-order valence-corrected chi connectivity index (χ4v) is 2.79. The van der Waals surface area contributed by atoms with Crippen LogP contribution in [0.5, 0.6) is 0 Å². The summed E-state index contributed by atoms with van der Waals surface area (Å²) >= 11 is 0. The highest BCUT2D eigenvalue weighted by molar-refractivity contribution is 5.76. The molecule has 1 saturated heterocycles. The van der Waals surface area contributed by atoms with Crippen molar-refractivity contribution in [3.8, 4) is 0 Å². The Bertz CT molecular complexity index is 516. The van der Waals surface area contributed by atoms with E-state index in [2.05, 4.69) is 36.9 Å². The third kappa shape index (κ3) is 4.31. The van der Waals surface area contributed by atoms with Crippen LogP contribution in [-0.4, -0.2) is 29.1 Å². The maximum Gasteiger partial charge on any atom is 0.323 e. The second-order valence-electron chi connectivity index (χ2n) is 7.08. The van der Waals surface area contributed by atoms with Crippen LogP contribution in [0.15, 0.2) is 18.2 Å². The van der Waals surface area contributed by atoms with Crippen molar-refractivity contribution in [2.75, 3.05) is 6.54 Å². The third-order valence-electron chi connectivity index (χ3n) is 4.00. The van der Waals surface area contributed by atoms with Crippen molar-refractivity contribution < 1.29 is 9.53 Å². The van der Waals surface area contributed by atoms with Gasteiger partial charge in [-0.05, 0) is 70.7 Å². The van der Waals surface area contributed by atoms with E-state index in [1.165, 1.54) is 16.7 Å². The molecule has 1 aliphatic rings. The first-order valence-electron chi connectivity index (χ1n) is 7.79. The van der Waals surface area contributed by atoms with E-state index >= 15 is 0 Å². The second kappa shape index (κ2) is 6.18. The molecule has 0 saturated carbocycles. The summed E-state index contributed by atoms with van der Waals surface area (Å²) in [5.41, 5.74) is 3.48. The summed E-state index contributed by atoms with van der Waals surface area (Å²) in [5.74, 6) is -0.0798. The van der Waals surface area contributed by atoms with Crippen LogP contribution in [0.25, 0.3) is 0 Å². The van der Waals surface area contributed by atoms with Gasteiger partial charge < -0.3 is 4.74 Å². The van der Waals surface area contributed by atoms with E-state index in [9.17, 15) is 4.79 Å². The zero-order valence-electron chi connectivity index (χ0n) is 13.9. The quantitative estimate of drug-likeness (QED) is 0.796. The van der Waals surface area contributed by atoms with Gasteiger partial charge in [0.15, 0.2) is 0 Å². The lowest BCUT2D eigenvalue weighted by atomic mass is 10.1. The van der Waals surface area contributed by atoms with Gasteiger partial charge in [0, 0.05) is 6.54 Å². The van der Waals surface area contributed by atoms with Gasteiger partial charge in [0.25, 0.3) is 0 Å². The SMILES string of the molecule is Cc1ccc(CN2CCC[C@@H]2C(=O)OC(C)(C)C)cc1C. The van der Waals surface area contributed by atoms with Crippen molar-refractivity contribution in [2.45, 2.75) is 65.6 Å².